The van der Waals surface area contributed by atoms with Gasteiger partial charge in [-0.05, 0) is 59.3 Å². The van der Waals surface area contributed by atoms with Crippen LogP contribution in [0.3, 0.4) is 0 Å². The normalized spacial score (nSPS) is 13.0. The molecule has 1 aromatic carbocycles. The summed E-state index contributed by atoms with van der Waals surface area (Å²) in [6.45, 7) is 2.74. The summed E-state index contributed by atoms with van der Waals surface area (Å²) in [4.78, 5) is 27.7. The average molecular weight is 525 g/mol. The maximum atomic E-state index is 13.1. The van der Waals surface area contributed by atoms with Crippen molar-refractivity contribution in [3.05, 3.63) is 71.6 Å². The van der Waals surface area contributed by atoms with Gasteiger partial charge in [0.2, 0.25) is 0 Å². The lowest BCUT2D eigenvalue weighted by Crippen LogP contribution is -2.24. The summed E-state index contributed by atoms with van der Waals surface area (Å²) in [6, 6.07) is 11.3. The van der Waals surface area contributed by atoms with E-state index in [-0.39, 0.29) is 17.6 Å². The average Bonchev–Trinajstić information content (AvgIpc) is 3.23. The second-order valence-electron chi connectivity index (χ2n) is 6.34. The van der Waals surface area contributed by atoms with Gasteiger partial charge in [0, 0.05) is 22.2 Å². The zero-order valence-electron chi connectivity index (χ0n) is 14.7. The third-order valence-electron chi connectivity index (χ3n) is 4.42. The zero-order valence-corrected chi connectivity index (χ0v) is 18.4. The van der Waals surface area contributed by atoms with Crippen LogP contribution in [0.1, 0.15) is 36.9 Å². The van der Waals surface area contributed by atoms with Crippen molar-refractivity contribution in [1.29, 1.82) is 0 Å². The summed E-state index contributed by atoms with van der Waals surface area (Å²) < 4.78 is 1.63. The summed E-state index contributed by atoms with van der Waals surface area (Å²) >= 11 is 9.32. The molecular formula is C19H14ClIN4O2S. The summed E-state index contributed by atoms with van der Waals surface area (Å²) in [6.07, 6.45) is 0. The monoisotopic (exact) mass is 524 g/mol. The Balaban J connectivity index is 1.61. The fourth-order valence-corrected chi connectivity index (χ4v) is 4.63. The van der Waals surface area contributed by atoms with Gasteiger partial charge in [0.1, 0.15) is 0 Å². The molecule has 0 aliphatic carbocycles. The Morgan fingerprint density at radius 2 is 2.14 bits per heavy atom. The van der Waals surface area contributed by atoms with Crippen LogP contribution in [0.2, 0.25) is 4.34 Å². The van der Waals surface area contributed by atoms with Crippen LogP contribution in [0.4, 0.5) is 5.82 Å². The Morgan fingerprint density at radius 3 is 2.86 bits per heavy atom. The number of amides is 2. The van der Waals surface area contributed by atoms with Crippen LogP contribution in [0.25, 0.3) is 0 Å². The van der Waals surface area contributed by atoms with Crippen molar-refractivity contribution < 1.29 is 9.59 Å². The number of hydrogen-bond donors (Lipinski definition) is 1. The Morgan fingerprint density at radius 1 is 1.32 bits per heavy atom. The highest BCUT2D eigenvalue weighted by Gasteiger charge is 2.33. The first-order valence-corrected chi connectivity index (χ1v) is 10.7. The van der Waals surface area contributed by atoms with Crippen molar-refractivity contribution >= 4 is 63.2 Å². The third kappa shape index (κ3) is 3.76. The number of aryl methyl sites for hydroxylation is 1. The molecule has 9 heteroatoms. The van der Waals surface area contributed by atoms with Gasteiger partial charge in [0.25, 0.3) is 11.8 Å². The molecule has 1 aliphatic heterocycles. The molecule has 0 spiro atoms. The maximum Gasteiger partial charge on any atom is 0.267 e. The Hall–Kier alpha value is -2.04. The van der Waals surface area contributed by atoms with Gasteiger partial charge < -0.3 is 10.2 Å². The molecule has 4 rings (SSSR count). The molecule has 0 fully saturated rings. The Labute approximate surface area is 184 Å². The fraction of sp³-hybridized carbons (Fsp3) is 0.158. The largest absolute Gasteiger partial charge is 0.330 e. The summed E-state index contributed by atoms with van der Waals surface area (Å²) in [5.41, 5.74) is 2.94. The minimum atomic E-state index is -0.360. The van der Waals surface area contributed by atoms with Gasteiger partial charge in [-0.2, -0.15) is 5.10 Å². The third-order valence-corrected chi connectivity index (χ3v) is 6.32. The van der Waals surface area contributed by atoms with Crippen molar-refractivity contribution in [2.24, 2.45) is 0 Å². The molecule has 6 nitrogen and oxygen atoms in total. The quantitative estimate of drug-likeness (QED) is 0.510. The molecule has 2 aromatic heterocycles. The highest BCUT2D eigenvalue weighted by Crippen LogP contribution is 2.31. The maximum absolute atomic E-state index is 13.1. The highest BCUT2D eigenvalue weighted by atomic mass is 127. The second-order valence-corrected chi connectivity index (χ2v) is 9.30. The van der Waals surface area contributed by atoms with E-state index >= 15 is 0 Å². The van der Waals surface area contributed by atoms with E-state index in [1.54, 1.807) is 17.0 Å². The van der Waals surface area contributed by atoms with Gasteiger partial charge in [-0.15, -0.1) is 16.4 Å². The predicted octanol–water partition coefficient (Wildman–Crippen LogP) is 4.51. The van der Waals surface area contributed by atoms with Crippen LogP contribution in [0.15, 0.2) is 36.4 Å². The minimum absolute atomic E-state index is 0.161. The van der Waals surface area contributed by atoms with E-state index in [9.17, 15) is 9.59 Å². The van der Waals surface area contributed by atoms with Crippen LogP contribution >= 0.6 is 45.5 Å². The number of hydrogen-bond acceptors (Lipinski definition) is 5. The molecule has 3 heterocycles. The molecule has 0 bridgehead atoms. The van der Waals surface area contributed by atoms with Gasteiger partial charge in [0.15, 0.2) is 5.82 Å². The van der Waals surface area contributed by atoms with E-state index in [4.69, 9.17) is 11.6 Å². The van der Waals surface area contributed by atoms with E-state index in [0.29, 0.717) is 33.6 Å². The number of rotatable bonds is 4. The van der Waals surface area contributed by atoms with Crippen molar-refractivity contribution in [1.82, 2.24) is 15.1 Å². The van der Waals surface area contributed by atoms with Crippen LogP contribution in [0.5, 0.6) is 0 Å². The number of carbonyl (C=O) groups excluding carboxylic acids is 2. The smallest absolute Gasteiger partial charge is 0.267 e. The Kier molecular flexibility index (Phi) is 5.35. The molecule has 0 atom stereocenters. The first-order chi connectivity index (χ1) is 13.4. The number of carbonyl (C=O) groups is 2. The molecule has 0 unspecified atom stereocenters. The number of anilines is 1. The molecule has 142 valence electrons. The molecular weight excluding hydrogens is 511 g/mol. The number of halogens is 2. The number of fused-ring (bicyclic) bond motifs is 1. The van der Waals surface area contributed by atoms with E-state index in [1.807, 2.05) is 31.2 Å². The second kappa shape index (κ2) is 7.76. The lowest BCUT2D eigenvalue weighted by atomic mass is 10.1. The van der Waals surface area contributed by atoms with Crippen LogP contribution in [-0.2, 0) is 13.1 Å². The SMILES string of the molecule is Cc1nnc(NC(=O)c2ccc(Cl)s2)c2c1CN(Cc1cccc(I)c1)C2=O. The number of nitrogens with zero attached hydrogens (tertiary/aromatic N) is 3. The van der Waals surface area contributed by atoms with E-state index < -0.39 is 0 Å². The minimum Gasteiger partial charge on any atom is -0.330 e. The summed E-state index contributed by atoms with van der Waals surface area (Å²) in [5, 5.41) is 10.9. The number of nitrogens with one attached hydrogen (secondary N) is 1. The first-order valence-electron chi connectivity index (χ1n) is 8.39. The standard InChI is InChI=1S/C19H14ClIN4O2S/c1-10-13-9-25(8-11-3-2-4-12(21)7-11)19(27)16(13)17(24-23-10)22-18(26)14-5-6-15(20)28-14/h2-7H,8-9H2,1H3,(H,22,24,26). The highest BCUT2D eigenvalue weighted by molar-refractivity contribution is 14.1. The van der Waals surface area contributed by atoms with Crippen molar-refractivity contribution in [2.45, 2.75) is 20.0 Å². The molecule has 2 amide bonds. The zero-order chi connectivity index (χ0) is 19.8. The fourth-order valence-electron chi connectivity index (χ4n) is 3.08. The molecule has 3 aromatic rings. The van der Waals surface area contributed by atoms with Crippen molar-refractivity contribution in [2.75, 3.05) is 5.32 Å². The molecule has 0 saturated heterocycles. The predicted molar refractivity (Wildman–Crippen MR) is 117 cm³/mol. The topological polar surface area (TPSA) is 75.2 Å². The van der Waals surface area contributed by atoms with Gasteiger partial charge >= 0.3 is 0 Å². The van der Waals surface area contributed by atoms with Gasteiger partial charge in [0.05, 0.1) is 20.5 Å². The number of benzene rings is 1. The van der Waals surface area contributed by atoms with Crippen LogP contribution < -0.4 is 5.32 Å². The number of thiophene rings is 1. The van der Waals surface area contributed by atoms with Gasteiger partial charge in [-0.3, -0.25) is 9.59 Å². The summed E-state index contributed by atoms with van der Waals surface area (Å²) in [7, 11) is 0. The molecule has 28 heavy (non-hydrogen) atoms. The van der Waals surface area contributed by atoms with E-state index in [0.717, 1.165) is 14.7 Å². The number of aromatic nitrogens is 2. The van der Waals surface area contributed by atoms with E-state index in [2.05, 4.69) is 38.1 Å². The summed E-state index contributed by atoms with van der Waals surface area (Å²) in [5.74, 6) is -0.335. The van der Waals surface area contributed by atoms with E-state index in [1.165, 1.54) is 11.3 Å². The van der Waals surface area contributed by atoms with Gasteiger partial charge in [-0.1, -0.05) is 23.7 Å². The Bertz CT molecular complexity index is 1100. The van der Waals surface area contributed by atoms with Crippen LogP contribution in [-0.4, -0.2) is 26.9 Å². The van der Waals surface area contributed by atoms with Crippen LogP contribution in [0, 0.1) is 10.5 Å². The molecule has 0 saturated carbocycles. The first kappa shape index (κ1) is 19.3. The van der Waals surface area contributed by atoms with Crippen molar-refractivity contribution in [3.8, 4) is 0 Å². The molecule has 0 radical (unpaired) electrons. The van der Waals surface area contributed by atoms with Gasteiger partial charge in [-0.25, -0.2) is 0 Å². The molecule has 1 N–H and O–H groups in total. The lowest BCUT2D eigenvalue weighted by molar-refractivity contribution is 0.0767. The lowest BCUT2D eigenvalue weighted by Gasteiger charge is -2.16. The van der Waals surface area contributed by atoms with Crippen molar-refractivity contribution in [3.63, 3.8) is 0 Å². The molecule has 1 aliphatic rings.